The Morgan fingerprint density at radius 3 is 2.61 bits per heavy atom. The minimum Gasteiger partial charge on any atom is -0.455 e. The van der Waals surface area contributed by atoms with Crippen LogP contribution in [-0.4, -0.2) is 49.1 Å². The molecule has 3 aliphatic rings. The summed E-state index contributed by atoms with van der Waals surface area (Å²) in [6.07, 6.45) is -0.875. The lowest BCUT2D eigenvalue weighted by Crippen LogP contribution is -2.35. The monoisotopic (exact) mass is 320 g/mol. The molecular formula is C17H20O6. The van der Waals surface area contributed by atoms with E-state index in [1.165, 1.54) is 0 Å². The molecule has 6 nitrogen and oxygen atoms in total. The SMILES string of the molecule is COC1O[C@@]2(C[C@H]2OC(=O)c2ccccc2)C2OC(C)(C)O[C@H]12. The van der Waals surface area contributed by atoms with Crippen LogP contribution in [0.3, 0.4) is 0 Å². The minimum absolute atomic E-state index is 0.295. The molecule has 23 heavy (non-hydrogen) atoms. The summed E-state index contributed by atoms with van der Waals surface area (Å²) in [6.45, 7) is 3.72. The van der Waals surface area contributed by atoms with E-state index in [4.69, 9.17) is 23.7 Å². The molecule has 2 unspecified atom stereocenters. The van der Waals surface area contributed by atoms with Gasteiger partial charge in [-0.1, -0.05) is 18.2 Å². The number of fused-ring (bicyclic) bond motifs is 2. The molecule has 0 aromatic heterocycles. The van der Waals surface area contributed by atoms with Crippen LogP contribution in [0.15, 0.2) is 30.3 Å². The Morgan fingerprint density at radius 2 is 1.91 bits per heavy atom. The average Bonchev–Trinajstić information content (AvgIpc) is 3.00. The Labute approximate surface area is 134 Å². The number of rotatable bonds is 3. The Balaban J connectivity index is 1.49. The average molecular weight is 320 g/mol. The van der Waals surface area contributed by atoms with Crippen LogP contribution in [0.4, 0.5) is 0 Å². The zero-order valence-corrected chi connectivity index (χ0v) is 13.4. The number of esters is 1. The van der Waals surface area contributed by atoms with Crippen LogP contribution in [0.2, 0.25) is 0 Å². The van der Waals surface area contributed by atoms with Gasteiger partial charge in [-0.15, -0.1) is 0 Å². The van der Waals surface area contributed by atoms with Crippen molar-refractivity contribution in [1.82, 2.24) is 0 Å². The highest BCUT2D eigenvalue weighted by Gasteiger charge is 2.75. The van der Waals surface area contributed by atoms with Crippen LogP contribution in [-0.2, 0) is 23.7 Å². The normalized spacial score (nSPS) is 40.1. The predicted octanol–water partition coefficient (Wildman–Crippen LogP) is 1.88. The van der Waals surface area contributed by atoms with E-state index in [-0.39, 0.29) is 24.3 Å². The minimum atomic E-state index is -0.695. The topological polar surface area (TPSA) is 63.2 Å². The number of carbonyl (C=O) groups excluding carboxylic acids is 1. The van der Waals surface area contributed by atoms with E-state index in [1.807, 2.05) is 19.9 Å². The standard InChI is InChI=1S/C17H20O6/c1-16(2)21-12-13(22-16)17(23-15(12)19-3)9-11(17)20-14(18)10-7-5-4-6-8-10/h4-8,11-13,15H,9H2,1-3H3/t11-,12+,13?,15?,17-/m1/s1. The molecule has 2 saturated heterocycles. The first-order valence-electron chi connectivity index (χ1n) is 7.77. The number of carbonyl (C=O) groups is 1. The Kier molecular flexibility index (Phi) is 3.29. The van der Waals surface area contributed by atoms with Gasteiger partial charge >= 0.3 is 5.97 Å². The summed E-state index contributed by atoms with van der Waals surface area (Å²) < 4.78 is 28.8. The summed E-state index contributed by atoms with van der Waals surface area (Å²) >= 11 is 0. The van der Waals surface area contributed by atoms with Crippen LogP contribution < -0.4 is 0 Å². The van der Waals surface area contributed by atoms with Gasteiger partial charge in [0.2, 0.25) is 0 Å². The van der Waals surface area contributed by atoms with Crippen molar-refractivity contribution in [3.63, 3.8) is 0 Å². The van der Waals surface area contributed by atoms with Gasteiger partial charge < -0.3 is 23.7 Å². The zero-order valence-electron chi connectivity index (χ0n) is 13.4. The summed E-state index contributed by atoms with van der Waals surface area (Å²) in [5.74, 6) is -1.05. The molecule has 0 amide bonds. The third-order valence-corrected chi connectivity index (χ3v) is 4.59. The van der Waals surface area contributed by atoms with Gasteiger partial charge in [0.1, 0.15) is 23.9 Å². The number of ether oxygens (including phenoxy) is 5. The third-order valence-electron chi connectivity index (χ3n) is 4.59. The van der Waals surface area contributed by atoms with E-state index in [1.54, 1.807) is 31.4 Å². The van der Waals surface area contributed by atoms with E-state index in [0.717, 1.165) is 0 Å². The molecule has 2 heterocycles. The number of hydrogen-bond acceptors (Lipinski definition) is 6. The van der Waals surface area contributed by atoms with Crippen molar-refractivity contribution in [3.05, 3.63) is 35.9 Å². The van der Waals surface area contributed by atoms with Crippen molar-refractivity contribution >= 4 is 5.97 Å². The molecule has 0 radical (unpaired) electrons. The van der Waals surface area contributed by atoms with Crippen LogP contribution in [0.25, 0.3) is 0 Å². The maximum atomic E-state index is 12.2. The first kappa shape index (κ1) is 15.1. The summed E-state index contributed by atoms with van der Waals surface area (Å²) in [6, 6.07) is 8.92. The lowest BCUT2D eigenvalue weighted by molar-refractivity contribution is -0.236. The van der Waals surface area contributed by atoms with E-state index >= 15 is 0 Å². The van der Waals surface area contributed by atoms with E-state index in [2.05, 4.69) is 0 Å². The molecule has 3 fully saturated rings. The highest BCUT2D eigenvalue weighted by Crippen LogP contribution is 2.57. The molecule has 5 atom stereocenters. The molecule has 1 aromatic carbocycles. The molecule has 1 aromatic rings. The quantitative estimate of drug-likeness (QED) is 0.793. The van der Waals surface area contributed by atoms with Crippen molar-refractivity contribution in [3.8, 4) is 0 Å². The molecular weight excluding hydrogens is 300 g/mol. The summed E-state index contributed by atoms with van der Waals surface area (Å²) in [5, 5.41) is 0. The molecule has 4 rings (SSSR count). The van der Waals surface area contributed by atoms with Crippen LogP contribution in [0.1, 0.15) is 30.6 Å². The third kappa shape index (κ3) is 2.37. The molecule has 6 heteroatoms. The van der Waals surface area contributed by atoms with E-state index < -0.39 is 17.7 Å². The zero-order chi connectivity index (χ0) is 16.2. The summed E-state index contributed by atoms with van der Waals surface area (Å²) in [5.41, 5.74) is -0.139. The second-order valence-corrected chi connectivity index (χ2v) is 6.66. The van der Waals surface area contributed by atoms with Gasteiger partial charge in [-0.3, -0.25) is 0 Å². The van der Waals surface area contributed by atoms with Gasteiger partial charge in [0, 0.05) is 13.5 Å². The first-order chi connectivity index (χ1) is 11.0. The Bertz CT molecular complexity index is 615. The van der Waals surface area contributed by atoms with E-state index in [9.17, 15) is 4.79 Å². The summed E-state index contributed by atoms with van der Waals surface area (Å²) in [7, 11) is 1.57. The highest BCUT2D eigenvalue weighted by atomic mass is 16.8. The van der Waals surface area contributed by atoms with Gasteiger partial charge in [0.15, 0.2) is 12.1 Å². The molecule has 0 bridgehead atoms. The van der Waals surface area contributed by atoms with Gasteiger partial charge in [0.05, 0.1) is 5.56 Å². The lowest BCUT2D eigenvalue weighted by atomic mass is 10.1. The fourth-order valence-corrected chi connectivity index (χ4v) is 3.47. The molecule has 1 spiro atoms. The highest BCUT2D eigenvalue weighted by molar-refractivity contribution is 5.89. The largest absolute Gasteiger partial charge is 0.455 e. The Morgan fingerprint density at radius 1 is 1.17 bits per heavy atom. The maximum Gasteiger partial charge on any atom is 0.338 e. The molecule has 2 aliphatic heterocycles. The second kappa shape index (κ2) is 5.01. The fraction of sp³-hybridized carbons (Fsp3) is 0.588. The number of methoxy groups -OCH3 is 1. The van der Waals surface area contributed by atoms with Crippen LogP contribution >= 0.6 is 0 Å². The Hall–Kier alpha value is -1.47. The van der Waals surface area contributed by atoms with Crippen molar-refractivity contribution in [2.75, 3.05) is 7.11 Å². The van der Waals surface area contributed by atoms with Crippen molar-refractivity contribution in [1.29, 1.82) is 0 Å². The molecule has 0 N–H and O–H groups in total. The van der Waals surface area contributed by atoms with Crippen molar-refractivity contribution in [2.24, 2.45) is 0 Å². The molecule has 124 valence electrons. The smallest absolute Gasteiger partial charge is 0.338 e. The van der Waals surface area contributed by atoms with E-state index in [0.29, 0.717) is 12.0 Å². The van der Waals surface area contributed by atoms with Gasteiger partial charge in [-0.25, -0.2) is 4.79 Å². The van der Waals surface area contributed by atoms with Crippen LogP contribution in [0, 0.1) is 0 Å². The molecule has 1 saturated carbocycles. The van der Waals surface area contributed by atoms with Crippen molar-refractivity contribution in [2.45, 2.75) is 56.3 Å². The van der Waals surface area contributed by atoms with Gasteiger partial charge in [0.25, 0.3) is 0 Å². The second-order valence-electron chi connectivity index (χ2n) is 6.66. The lowest BCUT2D eigenvalue weighted by Gasteiger charge is -2.23. The van der Waals surface area contributed by atoms with Crippen LogP contribution in [0.5, 0.6) is 0 Å². The van der Waals surface area contributed by atoms with Gasteiger partial charge in [-0.2, -0.15) is 0 Å². The summed E-state index contributed by atoms with van der Waals surface area (Å²) in [4.78, 5) is 12.2. The first-order valence-corrected chi connectivity index (χ1v) is 7.77. The number of hydrogen-bond donors (Lipinski definition) is 0. The number of benzene rings is 1. The van der Waals surface area contributed by atoms with Crippen molar-refractivity contribution < 1.29 is 28.5 Å². The maximum absolute atomic E-state index is 12.2. The predicted molar refractivity (Wildman–Crippen MR) is 78.7 cm³/mol. The molecule has 1 aliphatic carbocycles. The van der Waals surface area contributed by atoms with Gasteiger partial charge in [-0.05, 0) is 26.0 Å². The fourth-order valence-electron chi connectivity index (χ4n) is 3.47.